The molecule has 1 aromatic rings. The third kappa shape index (κ3) is 2.88. The van der Waals surface area contributed by atoms with E-state index >= 15 is 0 Å². The molecule has 3 heterocycles. The van der Waals surface area contributed by atoms with Gasteiger partial charge in [-0.05, 0) is 25.1 Å². The van der Waals surface area contributed by atoms with Gasteiger partial charge in [0.15, 0.2) is 0 Å². The summed E-state index contributed by atoms with van der Waals surface area (Å²) in [5, 5.41) is 0. The van der Waals surface area contributed by atoms with Gasteiger partial charge < -0.3 is 9.64 Å². The summed E-state index contributed by atoms with van der Waals surface area (Å²) in [6.45, 7) is 9.21. The van der Waals surface area contributed by atoms with E-state index in [0.29, 0.717) is 12.2 Å². The van der Waals surface area contributed by atoms with Crippen molar-refractivity contribution in [2.75, 3.05) is 11.4 Å². The number of hydrogen-bond acceptors (Lipinski definition) is 4. The Bertz CT molecular complexity index is 806. The van der Waals surface area contributed by atoms with Gasteiger partial charge in [0.1, 0.15) is 11.6 Å². The first-order valence-electron chi connectivity index (χ1n) is 9.52. The third-order valence-corrected chi connectivity index (χ3v) is 7.75. The standard InChI is InChI=1S/C20H26N2O4Si/c1-20(12-27(2,3)4)15-11-21-17(14(15)10-16(23)26-20)18(24)22(19(21)25)13-8-6-5-7-9-13/h5-9,14-15,17H,10-12H2,1-4H3/t14-,15-,17-,20?/m0/s1. The Morgan fingerprint density at radius 2 is 1.81 bits per heavy atom. The van der Waals surface area contributed by atoms with Crippen molar-refractivity contribution in [1.29, 1.82) is 0 Å². The fourth-order valence-corrected chi connectivity index (χ4v) is 7.73. The Labute approximate surface area is 160 Å². The highest BCUT2D eigenvalue weighted by molar-refractivity contribution is 6.76. The quantitative estimate of drug-likeness (QED) is 0.455. The van der Waals surface area contributed by atoms with E-state index in [1.54, 1.807) is 17.0 Å². The molecule has 1 unspecified atom stereocenters. The van der Waals surface area contributed by atoms with Crippen molar-refractivity contribution in [2.45, 2.75) is 50.7 Å². The van der Waals surface area contributed by atoms with Gasteiger partial charge in [0, 0.05) is 26.5 Å². The molecule has 0 radical (unpaired) electrons. The number of carbonyl (C=O) groups excluding carboxylic acids is 3. The number of hydrogen-bond donors (Lipinski definition) is 0. The second-order valence-electron chi connectivity index (χ2n) is 9.39. The van der Waals surface area contributed by atoms with Crippen LogP contribution in [0.5, 0.6) is 0 Å². The van der Waals surface area contributed by atoms with Crippen LogP contribution in [0.1, 0.15) is 13.3 Å². The van der Waals surface area contributed by atoms with Crippen molar-refractivity contribution in [1.82, 2.24) is 4.90 Å². The number of rotatable bonds is 3. The van der Waals surface area contributed by atoms with Crippen LogP contribution in [0.4, 0.5) is 10.5 Å². The molecule has 3 fully saturated rings. The molecule has 4 atom stereocenters. The Kier molecular flexibility index (Phi) is 4.00. The van der Waals surface area contributed by atoms with Gasteiger partial charge in [0.2, 0.25) is 0 Å². The van der Waals surface area contributed by atoms with E-state index in [1.807, 2.05) is 25.1 Å². The van der Waals surface area contributed by atoms with Crippen LogP contribution < -0.4 is 4.90 Å². The van der Waals surface area contributed by atoms with E-state index in [4.69, 9.17) is 4.74 Å². The van der Waals surface area contributed by atoms with Crippen molar-refractivity contribution < 1.29 is 19.1 Å². The van der Waals surface area contributed by atoms with Crippen LogP contribution >= 0.6 is 0 Å². The third-order valence-electron chi connectivity index (χ3n) is 5.99. The number of nitrogens with zero attached hydrogens (tertiary/aromatic N) is 2. The summed E-state index contributed by atoms with van der Waals surface area (Å²) >= 11 is 0. The number of esters is 1. The number of benzene rings is 1. The van der Waals surface area contributed by atoms with Crippen molar-refractivity contribution in [3.63, 3.8) is 0 Å². The maximum absolute atomic E-state index is 13.2. The fourth-order valence-electron chi connectivity index (χ4n) is 5.29. The molecule has 0 bridgehead atoms. The van der Waals surface area contributed by atoms with Gasteiger partial charge in [-0.2, -0.15) is 0 Å². The summed E-state index contributed by atoms with van der Waals surface area (Å²) in [6, 6.07) is 8.99. The molecule has 1 aromatic carbocycles. The number of fused-ring (bicyclic) bond motifs is 3. The lowest BCUT2D eigenvalue weighted by molar-refractivity contribution is -0.174. The molecule has 4 rings (SSSR count). The topological polar surface area (TPSA) is 66.9 Å². The number of carbonyl (C=O) groups is 3. The van der Waals surface area contributed by atoms with E-state index in [2.05, 4.69) is 19.6 Å². The molecule has 3 amide bonds. The van der Waals surface area contributed by atoms with Gasteiger partial charge >= 0.3 is 12.0 Å². The molecule has 6 nitrogen and oxygen atoms in total. The fraction of sp³-hybridized carbons (Fsp3) is 0.550. The average molecular weight is 387 g/mol. The molecule has 0 aliphatic carbocycles. The highest BCUT2D eigenvalue weighted by atomic mass is 28.3. The second-order valence-corrected chi connectivity index (χ2v) is 14.9. The Morgan fingerprint density at radius 1 is 1.15 bits per heavy atom. The van der Waals surface area contributed by atoms with Crippen molar-refractivity contribution in [2.24, 2.45) is 11.8 Å². The Balaban J connectivity index is 1.67. The summed E-state index contributed by atoms with van der Waals surface area (Å²) in [7, 11) is -1.52. The number of amides is 3. The van der Waals surface area contributed by atoms with Crippen molar-refractivity contribution >= 4 is 31.7 Å². The van der Waals surface area contributed by atoms with Gasteiger partial charge in [0.05, 0.1) is 12.1 Å². The molecule has 0 N–H and O–H groups in total. The first kappa shape index (κ1) is 18.2. The minimum Gasteiger partial charge on any atom is -0.459 e. The van der Waals surface area contributed by atoms with Crippen LogP contribution in [0.25, 0.3) is 0 Å². The van der Waals surface area contributed by atoms with E-state index in [9.17, 15) is 14.4 Å². The molecule has 0 spiro atoms. The number of imide groups is 1. The van der Waals surface area contributed by atoms with E-state index in [0.717, 1.165) is 6.04 Å². The molecular weight excluding hydrogens is 360 g/mol. The zero-order chi connectivity index (χ0) is 19.6. The summed E-state index contributed by atoms with van der Waals surface area (Å²) in [5.41, 5.74) is -0.0193. The van der Waals surface area contributed by atoms with Crippen LogP contribution in [0.15, 0.2) is 30.3 Å². The van der Waals surface area contributed by atoms with Gasteiger partial charge in [-0.25, -0.2) is 9.69 Å². The van der Waals surface area contributed by atoms with Crippen LogP contribution in [-0.4, -0.2) is 49.1 Å². The van der Waals surface area contributed by atoms with Crippen LogP contribution in [-0.2, 0) is 14.3 Å². The SMILES string of the molecule is CC1(C[Si](C)(C)C)OC(=O)C[C@@H]2[C@H]3C(=O)N(c4ccccc4)C(=O)N3C[C@@H]21. The van der Waals surface area contributed by atoms with Gasteiger partial charge in [-0.1, -0.05) is 37.8 Å². The maximum Gasteiger partial charge on any atom is 0.332 e. The zero-order valence-corrected chi connectivity index (χ0v) is 17.3. The summed E-state index contributed by atoms with van der Waals surface area (Å²) in [4.78, 5) is 41.5. The monoisotopic (exact) mass is 386 g/mol. The Hall–Kier alpha value is -2.15. The molecule has 3 aliphatic heterocycles. The first-order chi connectivity index (χ1) is 12.6. The minimum atomic E-state index is -1.52. The highest BCUT2D eigenvalue weighted by Gasteiger charge is 2.63. The van der Waals surface area contributed by atoms with Crippen molar-refractivity contribution in [3.8, 4) is 0 Å². The molecule has 0 saturated carbocycles. The normalized spacial score (nSPS) is 33.2. The van der Waals surface area contributed by atoms with Crippen molar-refractivity contribution in [3.05, 3.63) is 30.3 Å². The molecule has 144 valence electrons. The molecular formula is C20H26N2O4Si. The summed E-state index contributed by atoms with van der Waals surface area (Å²) < 4.78 is 5.84. The summed E-state index contributed by atoms with van der Waals surface area (Å²) in [6.07, 6.45) is 0.203. The average Bonchev–Trinajstić information content (AvgIpc) is 3.04. The predicted octanol–water partition coefficient (Wildman–Crippen LogP) is 3.11. The van der Waals surface area contributed by atoms with Crippen LogP contribution in [0.3, 0.4) is 0 Å². The minimum absolute atomic E-state index is 0.0118. The number of para-hydroxylation sites is 1. The van der Waals surface area contributed by atoms with Crippen LogP contribution in [0.2, 0.25) is 25.7 Å². The highest BCUT2D eigenvalue weighted by Crippen LogP contribution is 2.50. The zero-order valence-electron chi connectivity index (χ0n) is 16.3. The number of ether oxygens (including phenoxy) is 1. The Morgan fingerprint density at radius 3 is 2.44 bits per heavy atom. The number of cyclic esters (lactones) is 1. The lowest BCUT2D eigenvalue weighted by Gasteiger charge is -2.45. The second kappa shape index (κ2) is 5.92. The van der Waals surface area contributed by atoms with Gasteiger partial charge in [-0.3, -0.25) is 9.59 Å². The predicted molar refractivity (Wildman–Crippen MR) is 104 cm³/mol. The number of anilines is 1. The molecule has 3 saturated heterocycles. The molecule has 0 aromatic heterocycles. The number of urea groups is 1. The molecule has 27 heavy (non-hydrogen) atoms. The molecule has 3 aliphatic rings. The van der Waals surface area contributed by atoms with Crippen LogP contribution in [0, 0.1) is 11.8 Å². The lowest BCUT2D eigenvalue weighted by Crippen LogP contribution is -2.53. The smallest absolute Gasteiger partial charge is 0.332 e. The van der Waals surface area contributed by atoms with E-state index in [-0.39, 0.29) is 36.2 Å². The van der Waals surface area contributed by atoms with E-state index in [1.165, 1.54) is 4.90 Å². The van der Waals surface area contributed by atoms with Gasteiger partial charge in [-0.15, -0.1) is 0 Å². The first-order valence-corrected chi connectivity index (χ1v) is 13.2. The van der Waals surface area contributed by atoms with E-state index < -0.39 is 19.7 Å². The largest absolute Gasteiger partial charge is 0.459 e. The molecule has 7 heteroatoms. The van der Waals surface area contributed by atoms with Gasteiger partial charge in [0.25, 0.3) is 5.91 Å². The maximum atomic E-state index is 13.2. The lowest BCUT2D eigenvalue weighted by atomic mass is 9.75. The summed E-state index contributed by atoms with van der Waals surface area (Å²) in [5.74, 6) is -0.628.